The standard InChI is InChI=1S/C14H19N7/c1-20-9-10(7-17-20)12-8-18-21-13(16)6-11(19-14(12)21)4-2-3-5-15/h6-9H,2-5,15-16H2,1H3. The Morgan fingerprint density at radius 2 is 2.05 bits per heavy atom. The number of fused-ring (bicyclic) bond motifs is 1. The second-order valence-corrected chi connectivity index (χ2v) is 5.11. The number of aromatic nitrogens is 5. The minimum absolute atomic E-state index is 0.595. The fourth-order valence-corrected chi connectivity index (χ4v) is 2.38. The topological polar surface area (TPSA) is 100 Å². The van der Waals surface area contributed by atoms with Gasteiger partial charge in [-0.2, -0.15) is 14.7 Å². The van der Waals surface area contributed by atoms with Gasteiger partial charge in [-0.15, -0.1) is 0 Å². The average molecular weight is 285 g/mol. The van der Waals surface area contributed by atoms with Gasteiger partial charge >= 0.3 is 0 Å². The van der Waals surface area contributed by atoms with Crippen molar-refractivity contribution in [2.24, 2.45) is 12.8 Å². The van der Waals surface area contributed by atoms with Crippen molar-refractivity contribution in [1.29, 1.82) is 0 Å². The number of nitrogens with zero attached hydrogens (tertiary/aromatic N) is 5. The zero-order valence-corrected chi connectivity index (χ0v) is 12.0. The minimum atomic E-state index is 0.595. The Morgan fingerprint density at radius 3 is 2.76 bits per heavy atom. The number of aryl methyl sites for hydroxylation is 2. The molecule has 3 heterocycles. The quantitative estimate of drug-likeness (QED) is 0.681. The van der Waals surface area contributed by atoms with Gasteiger partial charge < -0.3 is 11.5 Å². The molecule has 0 aromatic carbocycles. The monoisotopic (exact) mass is 285 g/mol. The van der Waals surface area contributed by atoms with Crippen molar-refractivity contribution in [3.63, 3.8) is 0 Å². The van der Waals surface area contributed by atoms with Gasteiger partial charge in [-0.05, 0) is 25.8 Å². The molecule has 0 aliphatic rings. The highest BCUT2D eigenvalue weighted by atomic mass is 15.3. The highest BCUT2D eigenvalue weighted by Gasteiger charge is 2.12. The van der Waals surface area contributed by atoms with Crippen molar-refractivity contribution >= 4 is 11.5 Å². The molecule has 0 aliphatic carbocycles. The molecule has 0 saturated heterocycles. The van der Waals surface area contributed by atoms with E-state index in [0.717, 1.165) is 41.7 Å². The fraction of sp³-hybridized carbons (Fsp3) is 0.357. The number of hydrogen-bond acceptors (Lipinski definition) is 5. The van der Waals surface area contributed by atoms with E-state index in [4.69, 9.17) is 16.5 Å². The first-order valence-corrected chi connectivity index (χ1v) is 7.01. The maximum atomic E-state index is 6.07. The zero-order chi connectivity index (χ0) is 14.8. The second-order valence-electron chi connectivity index (χ2n) is 5.11. The first kappa shape index (κ1) is 13.6. The molecule has 7 nitrogen and oxygen atoms in total. The lowest BCUT2D eigenvalue weighted by atomic mass is 10.1. The van der Waals surface area contributed by atoms with Crippen LogP contribution in [0.1, 0.15) is 18.5 Å². The number of anilines is 1. The van der Waals surface area contributed by atoms with Crippen LogP contribution in [0, 0.1) is 0 Å². The van der Waals surface area contributed by atoms with Gasteiger partial charge in [-0.25, -0.2) is 4.98 Å². The van der Waals surface area contributed by atoms with Crippen LogP contribution in [0.2, 0.25) is 0 Å². The molecule has 110 valence electrons. The van der Waals surface area contributed by atoms with Crippen molar-refractivity contribution in [3.8, 4) is 11.1 Å². The van der Waals surface area contributed by atoms with E-state index in [1.807, 2.05) is 19.3 Å². The second kappa shape index (κ2) is 5.53. The molecule has 0 atom stereocenters. The Morgan fingerprint density at radius 1 is 1.19 bits per heavy atom. The van der Waals surface area contributed by atoms with E-state index in [0.29, 0.717) is 12.4 Å². The van der Waals surface area contributed by atoms with Crippen LogP contribution >= 0.6 is 0 Å². The fourth-order valence-electron chi connectivity index (χ4n) is 2.38. The first-order valence-electron chi connectivity index (χ1n) is 7.01. The predicted molar refractivity (Wildman–Crippen MR) is 81.6 cm³/mol. The molecule has 0 unspecified atom stereocenters. The van der Waals surface area contributed by atoms with Crippen molar-refractivity contribution in [2.45, 2.75) is 19.3 Å². The third-order valence-corrected chi connectivity index (χ3v) is 3.46. The van der Waals surface area contributed by atoms with Gasteiger partial charge in [-0.3, -0.25) is 4.68 Å². The molecule has 0 saturated carbocycles. The highest BCUT2D eigenvalue weighted by Crippen LogP contribution is 2.24. The number of hydrogen-bond donors (Lipinski definition) is 2. The molecule has 0 bridgehead atoms. The summed E-state index contributed by atoms with van der Waals surface area (Å²) in [5.74, 6) is 0.595. The highest BCUT2D eigenvalue weighted by molar-refractivity contribution is 5.77. The molecular weight excluding hydrogens is 266 g/mol. The summed E-state index contributed by atoms with van der Waals surface area (Å²) in [4.78, 5) is 4.70. The summed E-state index contributed by atoms with van der Waals surface area (Å²) in [5.41, 5.74) is 15.3. The molecule has 0 spiro atoms. The van der Waals surface area contributed by atoms with Crippen LogP contribution in [-0.4, -0.2) is 30.9 Å². The van der Waals surface area contributed by atoms with Crippen LogP contribution in [0.4, 0.5) is 5.82 Å². The summed E-state index contributed by atoms with van der Waals surface area (Å²) in [6, 6.07) is 1.88. The minimum Gasteiger partial charge on any atom is -0.384 e. The van der Waals surface area contributed by atoms with Crippen LogP contribution in [0.25, 0.3) is 16.8 Å². The normalized spacial score (nSPS) is 11.3. The van der Waals surface area contributed by atoms with E-state index < -0.39 is 0 Å². The summed E-state index contributed by atoms with van der Waals surface area (Å²) < 4.78 is 3.42. The van der Waals surface area contributed by atoms with Crippen molar-refractivity contribution in [1.82, 2.24) is 24.4 Å². The SMILES string of the molecule is Cn1cc(-c2cnn3c(N)cc(CCCCN)nc23)cn1. The van der Waals surface area contributed by atoms with Gasteiger partial charge in [0.1, 0.15) is 5.82 Å². The van der Waals surface area contributed by atoms with Gasteiger partial charge in [0.05, 0.1) is 12.4 Å². The molecule has 0 aliphatic heterocycles. The van der Waals surface area contributed by atoms with E-state index >= 15 is 0 Å². The van der Waals surface area contributed by atoms with Gasteiger partial charge in [-0.1, -0.05) is 0 Å². The van der Waals surface area contributed by atoms with Crippen LogP contribution in [-0.2, 0) is 13.5 Å². The van der Waals surface area contributed by atoms with E-state index in [-0.39, 0.29) is 0 Å². The predicted octanol–water partition coefficient (Wildman–Crippen LogP) is 0.993. The van der Waals surface area contributed by atoms with Crippen LogP contribution < -0.4 is 11.5 Å². The number of unbranched alkanes of at least 4 members (excludes halogenated alkanes) is 1. The lowest BCUT2D eigenvalue weighted by Gasteiger charge is -2.05. The average Bonchev–Trinajstić information content (AvgIpc) is 3.05. The van der Waals surface area contributed by atoms with Crippen molar-refractivity contribution < 1.29 is 0 Å². The van der Waals surface area contributed by atoms with Crippen LogP contribution in [0.3, 0.4) is 0 Å². The molecule has 0 fully saturated rings. The Labute approximate surface area is 122 Å². The van der Waals surface area contributed by atoms with Gasteiger partial charge in [0.25, 0.3) is 0 Å². The number of nitrogens with two attached hydrogens (primary N) is 2. The summed E-state index contributed by atoms with van der Waals surface area (Å²) in [6.07, 6.45) is 8.39. The lowest BCUT2D eigenvalue weighted by molar-refractivity contribution is 0.731. The summed E-state index contributed by atoms with van der Waals surface area (Å²) >= 11 is 0. The maximum absolute atomic E-state index is 6.07. The number of nitrogen functional groups attached to an aromatic ring is 1. The van der Waals surface area contributed by atoms with Crippen LogP contribution in [0.15, 0.2) is 24.7 Å². The Balaban J connectivity index is 2.02. The summed E-state index contributed by atoms with van der Waals surface area (Å²) in [5, 5.41) is 8.51. The summed E-state index contributed by atoms with van der Waals surface area (Å²) in [7, 11) is 1.88. The van der Waals surface area contributed by atoms with Gasteiger partial charge in [0.15, 0.2) is 5.65 Å². The van der Waals surface area contributed by atoms with E-state index in [1.165, 1.54) is 0 Å². The molecule has 0 amide bonds. The van der Waals surface area contributed by atoms with Crippen molar-refractivity contribution in [3.05, 3.63) is 30.4 Å². The molecular formula is C14H19N7. The zero-order valence-electron chi connectivity index (χ0n) is 12.0. The molecule has 21 heavy (non-hydrogen) atoms. The van der Waals surface area contributed by atoms with Crippen LogP contribution in [0.5, 0.6) is 0 Å². The molecule has 3 aromatic rings. The Bertz CT molecular complexity index is 756. The van der Waals surface area contributed by atoms with Gasteiger partial charge in [0.2, 0.25) is 0 Å². The van der Waals surface area contributed by atoms with E-state index in [9.17, 15) is 0 Å². The Kier molecular flexibility index (Phi) is 3.57. The van der Waals surface area contributed by atoms with E-state index in [2.05, 4.69) is 10.2 Å². The summed E-state index contributed by atoms with van der Waals surface area (Å²) in [6.45, 7) is 0.700. The van der Waals surface area contributed by atoms with E-state index in [1.54, 1.807) is 21.6 Å². The lowest BCUT2D eigenvalue weighted by Crippen LogP contribution is -2.04. The smallest absolute Gasteiger partial charge is 0.165 e. The molecule has 3 aromatic heterocycles. The largest absolute Gasteiger partial charge is 0.384 e. The third kappa shape index (κ3) is 2.59. The Hall–Kier alpha value is -2.41. The molecule has 3 rings (SSSR count). The maximum Gasteiger partial charge on any atom is 0.165 e. The third-order valence-electron chi connectivity index (χ3n) is 3.46. The van der Waals surface area contributed by atoms with Gasteiger partial charge in [0, 0.05) is 36.1 Å². The number of rotatable bonds is 5. The van der Waals surface area contributed by atoms with Crippen molar-refractivity contribution in [2.75, 3.05) is 12.3 Å². The first-order chi connectivity index (χ1) is 10.2. The molecule has 0 radical (unpaired) electrons. The molecule has 4 N–H and O–H groups in total. The molecule has 7 heteroatoms.